The highest BCUT2D eigenvalue weighted by Crippen LogP contribution is 2.37. The summed E-state index contributed by atoms with van der Waals surface area (Å²) in [5.41, 5.74) is 0.359. The number of rotatable bonds is 2. The molecule has 0 bridgehead atoms. The topological polar surface area (TPSA) is 51.0 Å². The van der Waals surface area contributed by atoms with Crippen molar-refractivity contribution in [1.82, 2.24) is 4.90 Å². The van der Waals surface area contributed by atoms with Crippen LogP contribution in [0.25, 0.3) is 4.85 Å². The minimum Gasteiger partial charge on any atom is -0.444 e. The molecule has 1 fully saturated rings. The van der Waals surface area contributed by atoms with Crippen molar-refractivity contribution in [1.29, 1.82) is 0 Å². The van der Waals surface area contributed by atoms with E-state index in [1.807, 2.05) is 32.9 Å². The van der Waals surface area contributed by atoms with E-state index in [9.17, 15) is 9.59 Å². The van der Waals surface area contributed by atoms with Crippen molar-refractivity contribution in [2.24, 2.45) is 0 Å². The summed E-state index contributed by atoms with van der Waals surface area (Å²) in [7, 11) is 0. The van der Waals surface area contributed by atoms with Gasteiger partial charge in [-0.05, 0) is 20.8 Å². The third-order valence-electron chi connectivity index (χ3n) is 4.04. The zero-order valence-electron chi connectivity index (χ0n) is 13.8. The van der Waals surface area contributed by atoms with E-state index in [4.69, 9.17) is 11.3 Å². The van der Waals surface area contributed by atoms with E-state index >= 15 is 0 Å². The number of likely N-dealkylation sites (tertiary alicyclic amines) is 1. The average molecular weight is 314 g/mol. The maximum absolute atomic E-state index is 12.1. The number of benzene rings is 1. The molecule has 23 heavy (non-hydrogen) atoms. The second-order valence-electron chi connectivity index (χ2n) is 6.85. The molecule has 0 radical (unpaired) electrons. The highest BCUT2D eigenvalue weighted by Gasteiger charge is 2.43. The Kier molecular flexibility index (Phi) is 4.74. The van der Waals surface area contributed by atoms with Gasteiger partial charge in [-0.2, -0.15) is 0 Å². The van der Waals surface area contributed by atoms with E-state index in [0.717, 1.165) is 11.8 Å². The normalized spacial score (nSPS) is 17.2. The van der Waals surface area contributed by atoms with Crippen molar-refractivity contribution in [3.05, 3.63) is 46.8 Å². The van der Waals surface area contributed by atoms with Crippen molar-refractivity contribution in [3.63, 3.8) is 0 Å². The Morgan fingerprint density at radius 3 is 2.26 bits per heavy atom. The van der Waals surface area contributed by atoms with E-state index in [1.54, 1.807) is 17.0 Å². The van der Waals surface area contributed by atoms with Crippen molar-refractivity contribution in [3.8, 4) is 0 Å². The fourth-order valence-corrected chi connectivity index (χ4v) is 2.72. The molecule has 1 amide bonds. The predicted octanol–water partition coefficient (Wildman–Crippen LogP) is 3.64. The summed E-state index contributed by atoms with van der Waals surface area (Å²) in [5.74, 6) is 0. The molecule has 1 aromatic carbocycles. The number of hydrogen-bond donors (Lipinski definition) is 0. The average Bonchev–Trinajstić information content (AvgIpc) is 2.53. The van der Waals surface area contributed by atoms with Gasteiger partial charge >= 0.3 is 6.09 Å². The van der Waals surface area contributed by atoms with Gasteiger partial charge in [0.25, 0.3) is 5.54 Å². The standard InChI is InChI=1S/C18H22N2O3/c1-17(2,3)23-16(22)20-11-9-18(19-4,10-12-20)15-7-5-14(13-21)6-8-15/h5-8,13H,9-12H2,1-3H3. The molecule has 2 rings (SSSR count). The summed E-state index contributed by atoms with van der Waals surface area (Å²) in [5, 5.41) is 0. The van der Waals surface area contributed by atoms with Crippen molar-refractivity contribution in [2.45, 2.75) is 44.8 Å². The van der Waals surface area contributed by atoms with E-state index in [0.29, 0.717) is 31.5 Å². The van der Waals surface area contributed by atoms with Crippen LogP contribution in [-0.4, -0.2) is 36.0 Å². The van der Waals surface area contributed by atoms with E-state index < -0.39 is 11.1 Å². The Hall–Kier alpha value is -2.35. The zero-order chi connectivity index (χ0) is 17.1. The molecule has 1 aliphatic rings. The fourth-order valence-electron chi connectivity index (χ4n) is 2.72. The maximum Gasteiger partial charge on any atom is 0.410 e. The number of hydrogen-bond acceptors (Lipinski definition) is 3. The number of nitrogens with zero attached hydrogens (tertiary/aromatic N) is 2. The molecule has 1 aliphatic heterocycles. The van der Waals surface area contributed by atoms with E-state index in [2.05, 4.69) is 4.85 Å². The van der Waals surface area contributed by atoms with Crippen LogP contribution in [-0.2, 0) is 10.3 Å². The van der Waals surface area contributed by atoms with Crippen LogP contribution in [0.15, 0.2) is 24.3 Å². The van der Waals surface area contributed by atoms with Crippen molar-refractivity contribution >= 4 is 12.4 Å². The number of piperidine rings is 1. The molecule has 0 unspecified atom stereocenters. The molecular formula is C18H22N2O3. The Balaban J connectivity index is 2.09. The third kappa shape index (κ3) is 3.89. The van der Waals surface area contributed by atoms with Gasteiger partial charge in [0.1, 0.15) is 11.9 Å². The highest BCUT2D eigenvalue weighted by atomic mass is 16.6. The SMILES string of the molecule is [C-]#[N+]C1(c2ccc(C=O)cc2)CCN(C(=O)OC(C)(C)C)CC1. The highest BCUT2D eigenvalue weighted by molar-refractivity contribution is 5.74. The first-order valence-corrected chi connectivity index (χ1v) is 7.72. The van der Waals surface area contributed by atoms with Gasteiger partial charge in [-0.25, -0.2) is 11.4 Å². The van der Waals surface area contributed by atoms with Gasteiger partial charge in [-0.1, -0.05) is 24.3 Å². The summed E-state index contributed by atoms with van der Waals surface area (Å²) in [6.07, 6.45) is 1.60. The minimum absolute atomic E-state index is 0.326. The molecule has 5 heteroatoms. The molecule has 1 saturated heterocycles. The monoisotopic (exact) mass is 314 g/mol. The Labute approximate surface area is 137 Å². The zero-order valence-corrected chi connectivity index (χ0v) is 13.8. The molecule has 0 aliphatic carbocycles. The molecule has 5 nitrogen and oxygen atoms in total. The maximum atomic E-state index is 12.1. The molecule has 1 aromatic rings. The van der Waals surface area contributed by atoms with Gasteiger partial charge in [0.2, 0.25) is 0 Å². The van der Waals surface area contributed by atoms with Crippen molar-refractivity contribution in [2.75, 3.05) is 13.1 Å². The molecule has 1 heterocycles. The number of carbonyl (C=O) groups is 2. The van der Waals surface area contributed by atoms with E-state index in [-0.39, 0.29) is 6.09 Å². The van der Waals surface area contributed by atoms with Crippen LogP contribution >= 0.6 is 0 Å². The fraction of sp³-hybridized carbons (Fsp3) is 0.500. The summed E-state index contributed by atoms with van der Waals surface area (Å²) in [6, 6.07) is 7.14. The van der Waals surface area contributed by atoms with Crippen molar-refractivity contribution < 1.29 is 14.3 Å². The lowest BCUT2D eigenvalue weighted by Crippen LogP contribution is -2.45. The first-order chi connectivity index (χ1) is 10.8. The van der Waals surface area contributed by atoms with Crippen LogP contribution in [0.3, 0.4) is 0 Å². The smallest absolute Gasteiger partial charge is 0.410 e. The summed E-state index contributed by atoms with van der Waals surface area (Å²) >= 11 is 0. The summed E-state index contributed by atoms with van der Waals surface area (Å²) in [6.45, 7) is 14.1. The largest absolute Gasteiger partial charge is 0.444 e. The predicted molar refractivity (Wildman–Crippen MR) is 87.2 cm³/mol. The van der Waals surface area contributed by atoms with Crippen LogP contribution in [0.1, 0.15) is 49.5 Å². The van der Waals surface area contributed by atoms with Gasteiger partial charge in [0.05, 0.1) is 0 Å². The number of carbonyl (C=O) groups excluding carboxylic acids is 2. The van der Waals surface area contributed by atoms with Crippen LogP contribution in [0.4, 0.5) is 4.79 Å². The summed E-state index contributed by atoms with van der Waals surface area (Å²) < 4.78 is 5.39. The lowest BCUT2D eigenvalue weighted by atomic mass is 9.81. The second-order valence-corrected chi connectivity index (χ2v) is 6.85. The number of ether oxygens (including phenoxy) is 1. The number of aldehydes is 1. The lowest BCUT2D eigenvalue weighted by molar-refractivity contribution is 0.0182. The molecule has 0 spiro atoms. The Bertz CT molecular complexity index is 615. The van der Waals surface area contributed by atoms with Crippen LogP contribution < -0.4 is 0 Å². The molecule has 0 saturated carbocycles. The molecule has 0 atom stereocenters. The van der Waals surface area contributed by atoms with E-state index in [1.165, 1.54) is 0 Å². The minimum atomic E-state index is -0.625. The second kappa shape index (κ2) is 6.41. The van der Waals surface area contributed by atoms with Gasteiger partial charge in [0.15, 0.2) is 0 Å². The molecule has 0 aromatic heterocycles. The van der Waals surface area contributed by atoms with Gasteiger partial charge in [0, 0.05) is 37.1 Å². The molecule has 0 N–H and O–H groups in total. The number of amides is 1. The first kappa shape index (κ1) is 17.0. The summed E-state index contributed by atoms with van der Waals surface area (Å²) in [4.78, 5) is 28.4. The van der Waals surface area contributed by atoms with Gasteiger partial charge < -0.3 is 14.5 Å². The first-order valence-electron chi connectivity index (χ1n) is 7.72. The van der Waals surface area contributed by atoms with Crippen LogP contribution in [0.2, 0.25) is 0 Å². The molecule has 122 valence electrons. The van der Waals surface area contributed by atoms with Crippen LogP contribution in [0.5, 0.6) is 0 Å². The Morgan fingerprint density at radius 2 is 1.83 bits per heavy atom. The third-order valence-corrected chi connectivity index (χ3v) is 4.04. The van der Waals surface area contributed by atoms with Gasteiger partial charge in [-0.3, -0.25) is 4.79 Å². The lowest BCUT2D eigenvalue weighted by Gasteiger charge is -2.35. The molecular weight excluding hydrogens is 292 g/mol. The quantitative estimate of drug-likeness (QED) is 0.618. The van der Waals surface area contributed by atoms with Crippen LogP contribution in [0, 0.1) is 6.57 Å². The van der Waals surface area contributed by atoms with Gasteiger partial charge in [-0.15, -0.1) is 0 Å². The Morgan fingerprint density at radius 1 is 1.26 bits per heavy atom.